The number of hydrogen-bond acceptors (Lipinski definition) is 4. The van der Waals surface area contributed by atoms with Gasteiger partial charge in [0.25, 0.3) is 0 Å². The number of carbonyl (C=O) groups is 2. The summed E-state index contributed by atoms with van der Waals surface area (Å²) in [5.74, 6) is -1.34. The van der Waals surface area contributed by atoms with Crippen LogP contribution in [0.5, 0.6) is 0 Å². The third-order valence-electron chi connectivity index (χ3n) is 6.21. The third-order valence-corrected chi connectivity index (χ3v) is 7.70. The Bertz CT molecular complexity index is 1190. The molecule has 2 N–H and O–H groups in total. The van der Waals surface area contributed by atoms with Gasteiger partial charge in [-0.3, -0.25) is 9.59 Å². The molecule has 0 fully saturated rings. The lowest BCUT2D eigenvalue weighted by Gasteiger charge is -2.35. The number of carboxylic acid groups (broad SMARTS) is 1. The lowest BCUT2D eigenvalue weighted by molar-refractivity contribution is -0.137. The summed E-state index contributed by atoms with van der Waals surface area (Å²) in [5.41, 5.74) is 1.21. The van der Waals surface area contributed by atoms with Crippen molar-refractivity contribution >= 4 is 21.9 Å². The highest BCUT2D eigenvalue weighted by molar-refractivity contribution is 7.89. The highest BCUT2D eigenvalue weighted by Crippen LogP contribution is 2.39. The fraction of sp³-hybridized carbons (Fsp3) is 0.333. The first-order valence-corrected chi connectivity index (χ1v) is 13.0. The Kier molecular flexibility index (Phi) is 8.30. The summed E-state index contributed by atoms with van der Waals surface area (Å²) in [5, 5.41) is 9.34. The van der Waals surface area contributed by atoms with Crippen LogP contribution in [0.1, 0.15) is 36.3 Å². The van der Waals surface area contributed by atoms with Crippen LogP contribution in [-0.4, -0.2) is 50.4 Å². The highest BCUT2D eigenvalue weighted by Gasteiger charge is 2.36. The zero-order valence-electron chi connectivity index (χ0n) is 20.2. The van der Waals surface area contributed by atoms with E-state index in [9.17, 15) is 23.1 Å². The Balaban J connectivity index is 1.92. The molecule has 2 aromatic carbocycles. The number of allylic oxidation sites excluding steroid dienone is 4. The summed E-state index contributed by atoms with van der Waals surface area (Å²) in [6.07, 6.45) is 8.04. The Morgan fingerprint density at radius 2 is 1.63 bits per heavy atom. The highest BCUT2D eigenvalue weighted by atomic mass is 32.2. The van der Waals surface area contributed by atoms with Gasteiger partial charge in [-0.25, -0.2) is 8.42 Å². The molecule has 8 heteroatoms. The molecule has 0 spiro atoms. The number of hydrogen-bond donors (Lipinski definition) is 2. The summed E-state index contributed by atoms with van der Waals surface area (Å²) in [6, 6.07) is 15.2. The van der Waals surface area contributed by atoms with Gasteiger partial charge in [-0.15, -0.1) is 0 Å². The minimum atomic E-state index is -3.98. The number of benzene rings is 2. The Morgan fingerprint density at radius 1 is 1.03 bits per heavy atom. The molecule has 1 amide bonds. The van der Waals surface area contributed by atoms with Crippen molar-refractivity contribution in [2.75, 3.05) is 14.1 Å². The van der Waals surface area contributed by atoms with Crippen molar-refractivity contribution in [2.24, 2.45) is 5.41 Å². The van der Waals surface area contributed by atoms with Gasteiger partial charge in [-0.1, -0.05) is 72.3 Å². The average molecular weight is 497 g/mol. The number of rotatable bonds is 10. The van der Waals surface area contributed by atoms with Gasteiger partial charge in [-0.05, 0) is 37.5 Å². The lowest BCUT2D eigenvalue weighted by Crippen LogP contribution is -2.48. The molecule has 1 aliphatic rings. The number of aryl methyl sites for hydroxylation is 1. The molecule has 1 atom stereocenters. The first-order valence-electron chi connectivity index (χ1n) is 11.5. The van der Waals surface area contributed by atoms with Crippen LogP contribution in [-0.2, 0) is 19.6 Å². The standard InChI is InChI=1S/C27H32N2O5S/c1-20-9-11-23(12-10-20)35(33,34)28-24(26(32)29(2)3)19-27(18-15-25(30)31)16-13-22(14-17-27)21-7-5-4-6-8-21/h4-14,16-17,22,24,28H,15,18-19H2,1-3H3,(H,30,31). The fourth-order valence-corrected chi connectivity index (χ4v) is 5.39. The van der Waals surface area contributed by atoms with E-state index in [1.165, 1.54) is 17.0 Å². The summed E-state index contributed by atoms with van der Waals surface area (Å²) in [7, 11) is -0.846. The molecule has 0 aromatic heterocycles. The summed E-state index contributed by atoms with van der Waals surface area (Å²) in [4.78, 5) is 25.9. The van der Waals surface area contributed by atoms with E-state index in [2.05, 4.69) is 4.72 Å². The smallest absolute Gasteiger partial charge is 0.303 e. The number of likely N-dealkylation sites (N-methyl/N-ethyl adjacent to an activating group) is 1. The van der Waals surface area contributed by atoms with Crippen molar-refractivity contribution in [1.29, 1.82) is 0 Å². The normalized spacial score (nSPS) is 20.4. The SMILES string of the molecule is Cc1ccc(S(=O)(=O)NC(CC2(CCC(=O)O)C=CC(c3ccccc3)C=C2)C(=O)N(C)C)cc1. The zero-order chi connectivity index (χ0) is 25.6. The number of sulfonamides is 1. The minimum Gasteiger partial charge on any atom is -0.481 e. The van der Waals surface area contributed by atoms with Crippen LogP contribution in [0.25, 0.3) is 0 Å². The molecular formula is C27H32N2O5S. The minimum absolute atomic E-state index is 0.0152. The van der Waals surface area contributed by atoms with Gasteiger partial charge in [0.15, 0.2) is 0 Å². The van der Waals surface area contributed by atoms with Crippen molar-refractivity contribution in [3.8, 4) is 0 Å². The number of carbonyl (C=O) groups excluding carboxylic acids is 1. The van der Waals surface area contributed by atoms with Crippen LogP contribution >= 0.6 is 0 Å². The molecule has 2 aromatic rings. The Labute approximate surface area is 207 Å². The topological polar surface area (TPSA) is 104 Å². The maximum absolute atomic E-state index is 13.1. The zero-order valence-corrected chi connectivity index (χ0v) is 21.0. The molecule has 1 unspecified atom stereocenters. The first-order chi connectivity index (χ1) is 16.5. The van der Waals surface area contributed by atoms with Gasteiger partial charge in [0.05, 0.1) is 4.90 Å². The maximum Gasteiger partial charge on any atom is 0.303 e. The fourth-order valence-electron chi connectivity index (χ4n) is 4.20. The van der Waals surface area contributed by atoms with Crippen molar-refractivity contribution in [3.05, 3.63) is 90.0 Å². The summed E-state index contributed by atoms with van der Waals surface area (Å²) in [6.45, 7) is 1.86. The second-order valence-corrected chi connectivity index (χ2v) is 10.9. The molecule has 0 saturated heterocycles. The van der Waals surface area contributed by atoms with E-state index in [-0.39, 0.29) is 30.1 Å². The van der Waals surface area contributed by atoms with Crippen LogP contribution < -0.4 is 4.72 Å². The largest absolute Gasteiger partial charge is 0.481 e. The maximum atomic E-state index is 13.1. The molecule has 0 radical (unpaired) electrons. The molecule has 0 bridgehead atoms. The first kappa shape index (κ1) is 26.4. The Hall–Kier alpha value is -3.23. The van der Waals surface area contributed by atoms with E-state index in [1.807, 2.05) is 61.6 Å². The second-order valence-electron chi connectivity index (χ2n) is 9.21. The summed E-state index contributed by atoms with van der Waals surface area (Å²) >= 11 is 0. The predicted octanol–water partition coefficient (Wildman–Crippen LogP) is 3.88. The quantitative estimate of drug-likeness (QED) is 0.486. The number of aliphatic carboxylic acids is 1. The van der Waals surface area contributed by atoms with Crippen LogP contribution in [0, 0.1) is 12.3 Å². The predicted molar refractivity (Wildman–Crippen MR) is 135 cm³/mol. The molecule has 0 aliphatic heterocycles. The molecule has 7 nitrogen and oxygen atoms in total. The van der Waals surface area contributed by atoms with Crippen LogP contribution in [0.4, 0.5) is 0 Å². The van der Waals surface area contributed by atoms with E-state index >= 15 is 0 Å². The molecule has 35 heavy (non-hydrogen) atoms. The number of carboxylic acids is 1. The monoisotopic (exact) mass is 496 g/mol. The lowest BCUT2D eigenvalue weighted by atomic mass is 9.73. The Morgan fingerprint density at radius 3 is 2.17 bits per heavy atom. The van der Waals surface area contributed by atoms with Gasteiger partial charge < -0.3 is 10.0 Å². The van der Waals surface area contributed by atoms with E-state index < -0.39 is 33.4 Å². The van der Waals surface area contributed by atoms with Crippen molar-refractivity contribution in [3.63, 3.8) is 0 Å². The third kappa shape index (κ3) is 6.90. The van der Waals surface area contributed by atoms with Crippen LogP contribution in [0.2, 0.25) is 0 Å². The van der Waals surface area contributed by atoms with E-state index in [1.54, 1.807) is 26.2 Å². The van der Waals surface area contributed by atoms with Gasteiger partial charge in [0.2, 0.25) is 15.9 Å². The van der Waals surface area contributed by atoms with Crippen LogP contribution in [0.3, 0.4) is 0 Å². The molecular weight excluding hydrogens is 464 g/mol. The number of nitrogens with one attached hydrogen (secondary N) is 1. The van der Waals surface area contributed by atoms with Gasteiger partial charge in [-0.2, -0.15) is 4.72 Å². The van der Waals surface area contributed by atoms with E-state index in [0.29, 0.717) is 0 Å². The van der Waals surface area contributed by atoms with E-state index in [4.69, 9.17) is 0 Å². The van der Waals surface area contributed by atoms with Crippen LogP contribution in [0.15, 0.2) is 83.8 Å². The van der Waals surface area contributed by atoms with Gasteiger partial charge in [0.1, 0.15) is 6.04 Å². The van der Waals surface area contributed by atoms with E-state index in [0.717, 1.165) is 11.1 Å². The van der Waals surface area contributed by atoms with Crippen molar-refractivity contribution in [2.45, 2.75) is 43.0 Å². The molecule has 186 valence electrons. The van der Waals surface area contributed by atoms with Crippen molar-refractivity contribution in [1.82, 2.24) is 9.62 Å². The number of amides is 1. The second kappa shape index (κ2) is 11.0. The molecule has 1 aliphatic carbocycles. The number of nitrogens with zero attached hydrogens (tertiary/aromatic N) is 1. The van der Waals surface area contributed by atoms with Crippen molar-refractivity contribution < 1.29 is 23.1 Å². The van der Waals surface area contributed by atoms with Gasteiger partial charge >= 0.3 is 5.97 Å². The molecule has 0 heterocycles. The summed E-state index contributed by atoms with van der Waals surface area (Å²) < 4.78 is 28.8. The molecule has 3 rings (SSSR count). The average Bonchev–Trinajstić information content (AvgIpc) is 2.83. The molecule has 0 saturated carbocycles. The van der Waals surface area contributed by atoms with Gasteiger partial charge in [0, 0.05) is 31.8 Å².